The first-order valence-electron chi connectivity index (χ1n) is 11.9. The molecule has 1 aromatic carbocycles. The number of carboxylic acids is 1. The van der Waals surface area contributed by atoms with Crippen LogP contribution in [-0.2, 0) is 11.3 Å². The summed E-state index contributed by atoms with van der Waals surface area (Å²) in [4.78, 5) is 27.0. The van der Waals surface area contributed by atoms with Crippen molar-refractivity contribution in [2.24, 2.45) is 5.92 Å². The van der Waals surface area contributed by atoms with E-state index in [0.29, 0.717) is 36.6 Å². The number of benzene rings is 1. The van der Waals surface area contributed by atoms with Crippen LogP contribution < -0.4 is 5.73 Å². The molecule has 1 aliphatic heterocycles. The molecule has 0 aliphatic carbocycles. The summed E-state index contributed by atoms with van der Waals surface area (Å²) >= 11 is 0. The smallest absolute Gasteiger partial charge is 0.307 e. The largest absolute Gasteiger partial charge is 0.481 e. The third-order valence-electron chi connectivity index (χ3n) is 6.57. The molecule has 5 rings (SSSR count). The molecule has 37 heavy (non-hydrogen) atoms. The number of hydrogen-bond donors (Lipinski definition) is 2. The summed E-state index contributed by atoms with van der Waals surface area (Å²) in [6.45, 7) is 3.75. The number of rotatable bonds is 7. The molecule has 0 spiro atoms. The second kappa shape index (κ2) is 10.2. The highest BCUT2D eigenvalue weighted by Crippen LogP contribution is 2.27. The Labute approximate surface area is 214 Å². The first-order valence-corrected chi connectivity index (χ1v) is 11.9. The van der Waals surface area contributed by atoms with Crippen LogP contribution in [-0.4, -0.2) is 59.0 Å². The molecule has 1 aliphatic rings. The zero-order valence-corrected chi connectivity index (χ0v) is 20.3. The minimum atomic E-state index is -0.739. The summed E-state index contributed by atoms with van der Waals surface area (Å²) in [6.07, 6.45) is 7.98. The van der Waals surface area contributed by atoms with E-state index in [9.17, 15) is 9.90 Å². The molecule has 0 amide bonds. The second-order valence-electron chi connectivity index (χ2n) is 9.07. The Morgan fingerprint density at radius 2 is 1.97 bits per heavy atom. The van der Waals surface area contributed by atoms with Gasteiger partial charge in [-0.2, -0.15) is 0 Å². The van der Waals surface area contributed by atoms with Gasteiger partial charge in [-0.3, -0.25) is 14.7 Å². The maximum atomic E-state index is 11.3. The van der Waals surface area contributed by atoms with Crippen molar-refractivity contribution in [3.63, 3.8) is 0 Å². The van der Waals surface area contributed by atoms with Gasteiger partial charge in [0.25, 0.3) is 0 Å². The summed E-state index contributed by atoms with van der Waals surface area (Å²) in [5, 5.41) is 17.8. The van der Waals surface area contributed by atoms with Crippen LogP contribution in [0.4, 0.5) is 5.95 Å². The van der Waals surface area contributed by atoms with E-state index in [1.54, 1.807) is 16.9 Å². The highest BCUT2D eigenvalue weighted by atomic mass is 16.4. The molecule has 4 aromatic rings. The molecule has 4 heterocycles. The number of aromatic nitrogens is 6. The van der Waals surface area contributed by atoms with E-state index in [0.717, 1.165) is 29.1 Å². The molecule has 1 saturated heterocycles. The van der Waals surface area contributed by atoms with Gasteiger partial charge in [-0.05, 0) is 50.2 Å². The summed E-state index contributed by atoms with van der Waals surface area (Å²) in [6, 6.07) is 15.2. The Kier molecular flexibility index (Phi) is 6.62. The lowest BCUT2D eigenvalue weighted by molar-refractivity contribution is -0.141. The number of pyridine rings is 1. The van der Waals surface area contributed by atoms with E-state index in [1.165, 1.54) is 0 Å². The lowest BCUT2D eigenvalue weighted by Crippen LogP contribution is -2.27. The fraction of sp³-hybridized carbons (Fsp3) is 0.259. The molecule has 10 heteroatoms. The van der Waals surface area contributed by atoms with Gasteiger partial charge in [-0.1, -0.05) is 29.3 Å². The summed E-state index contributed by atoms with van der Waals surface area (Å²) < 4.78 is 1.69. The average molecular weight is 495 g/mol. The van der Waals surface area contributed by atoms with E-state index in [1.807, 2.05) is 42.5 Å². The lowest BCUT2D eigenvalue weighted by atomic mass is 10.1. The van der Waals surface area contributed by atoms with Gasteiger partial charge in [0.15, 0.2) is 0 Å². The quantitative estimate of drug-likeness (QED) is 0.372. The van der Waals surface area contributed by atoms with E-state index in [4.69, 9.17) is 17.1 Å². The van der Waals surface area contributed by atoms with Crippen LogP contribution in [0.1, 0.15) is 36.3 Å². The number of hydrogen-bond acceptors (Lipinski definition) is 8. The predicted molar refractivity (Wildman–Crippen MR) is 138 cm³/mol. The van der Waals surface area contributed by atoms with Crippen molar-refractivity contribution >= 4 is 11.9 Å². The van der Waals surface area contributed by atoms with Crippen molar-refractivity contribution in [1.29, 1.82) is 0 Å². The fourth-order valence-electron chi connectivity index (χ4n) is 4.52. The molecule has 3 N–H and O–H groups in total. The standard InChI is InChI=1S/C27H26N8O2/c1-3-18-6-4-7-19(12-18)23-13-24(31-27(28)30-23)25-16-35(33-32-25)15-21-8-5-9-22(29-21)17(2)34-11-10-20(14-34)26(36)37/h1,4-9,12-13,16-17,20H,10-11,14-15H2,2H3,(H,36,37)(H2,28,30,31). The molecule has 0 saturated carbocycles. The number of nitrogen functional groups attached to an aromatic ring is 1. The summed E-state index contributed by atoms with van der Waals surface area (Å²) in [7, 11) is 0. The number of nitrogens with two attached hydrogens (primary N) is 1. The van der Waals surface area contributed by atoms with E-state index >= 15 is 0 Å². The van der Waals surface area contributed by atoms with E-state index in [2.05, 4.69) is 38.0 Å². The Bertz CT molecular complexity index is 1490. The number of aliphatic carboxylic acids is 1. The fourth-order valence-corrected chi connectivity index (χ4v) is 4.52. The van der Waals surface area contributed by atoms with Crippen LogP contribution in [0.2, 0.25) is 0 Å². The van der Waals surface area contributed by atoms with E-state index in [-0.39, 0.29) is 17.9 Å². The lowest BCUT2D eigenvalue weighted by Gasteiger charge is -2.23. The normalized spacial score (nSPS) is 16.4. The Morgan fingerprint density at radius 3 is 2.76 bits per heavy atom. The van der Waals surface area contributed by atoms with E-state index < -0.39 is 5.97 Å². The number of terminal acetylenes is 1. The minimum absolute atomic E-state index is 0.0194. The predicted octanol–water partition coefficient (Wildman–Crippen LogP) is 2.88. The van der Waals surface area contributed by atoms with Crippen molar-refractivity contribution in [1.82, 2.24) is 34.8 Å². The molecule has 186 valence electrons. The van der Waals surface area contributed by atoms with Crippen molar-refractivity contribution < 1.29 is 9.90 Å². The highest BCUT2D eigenvalue weighted by molar-refractivity contribution is 5.70. The molecule has 0 bridgehead atoms. The number of nitrogens with zero attached hydrogens (tertiary/aromatic N) is 7. The van der Waals surface area contributed by atoms with Gasteiger partial charge in [-0.25, -0.2) is 14.6 Å². The van der Waals surface area contributed by atoms with Gasteiger partial charge in [0.1, 0.15) is 5.69 Å². The first-order chi connectivity index (χ1) is 17.9. The van der Waals surface area contributed by atoms with Crippen molar-refractivity contribution in [3.8, 4) is 35.0 Å². The first kappa shape index (κ1) is 24.1. The van der Waals surface area contributed by atoms with Crippen LogP contribution in [0, 0.1) is 18.3 Å². The van der Waals surface area contributed by atoms with Crippen LogP contribution in [0.15, 0.2) is 54.7 Å². The Morgan fingerprint density at radius 1 is 1.16 bits per heavy atom. The van der Waals surface area contributed by atoms with Crippen LogP contribution in [0.25, 0.3) is 22.6 Å². The Balaban J connectivity index is 1.33. The van der Waals surface area contributed by atoms with Gasteiger partial charge in [0, 0.05) is 23.7 Å². The van der Waals surface area contributed by atoms with Gasteiger partial charge >= 0.3 is 5.97 Å². The van der Waals surface area contributed by atoms with Gasteiger partial charge in [0.05, 0.1) is 41.4 Å². The SMILES string of the molecule is C#Cc1cccc(-c2cc(-c3cn(Cc4cccc(C(C)N5CCC(C(=O)O)C5)n4)nn3)nc(N)n2)c1. The molecule has 2 unspecified atom stereocenters. The maximum absolute atomic E-state index is 11.3. The monoisotopic (exact) mass is 494 g/mol. The van der Waals surface area contributed by atoms with Gasteiger partial charge in [0.2, 0.25) is 5.95 Å². The third-order valence-corrected chi connectivity index (χ3v) is 6.57. The maximum Gasteiger partial charge on any atom is 0.307 e. The molecule has 1 fully saturated rings. The second-order valence-corrected chi connectivity index (χ2v) is 9.07. The average Bonchev–Trinajstić information content (AvgIpc) is 3.59. The highest BCUT2D eigenvalue weighted by Gasteiger charge is 2.31. The third kappa shape index (κ3) is 5.32. The molecule has 3 aromatic heterocycles. The number of carboxylic acid groups (broad SMARTS) is 1. The number of anilines is 1. The zero-order valence-electron chi connectivity index (χ0n) is 20.3. The number of carbonyl (C=O) groups is 1. The summed E-state index contributed by atoms with van der Waals surface area (Å²) in [5.41, 5.74) is 11.0. The van der Waals surface area contributed by atoms with Gasteiger partial charge < -0.3 is 10.8 Å². The van der Waals surface area contributed by atoms with Crippen molar-refractivity contribution in [2.75, 3.05) is 18.8 Å². The number of likely N-dealkylation sites (tertiary alicyclic amines) is 1. The van der Waals surface area contributed by atoms with Crippen molar-refractivity contribution in [2.45, 2.75) is 25.9 Å². The summed E-state index contributed by atoms with van der Waals surface area (Å²) in [5.74, 6) is 1.69. The topological polar surface area (TPSA) is 136 Å². The van der Waals surface area contributed by atoms with Gasteiger partial charge in [-0.15, -0.1) is 11.5 Å². The molecule has 0 radical (unpaired) electrons. The molecule has 10 nitrogen and oxygen atoms in total. The van der Waals surface area contributed by atoms with Crippen LogP contribution >= 0.6 is 0 Å². The van der Waals surface area contributed by atoms with Crippen LogP contribution in [0.5, 0.6) is 0 Å². The Hall–Kier alpha value is -4.62. The molecule has 2 atom stereocenters. The molecular weight excluding hydrogens is 468 g/mol. The molecular formula is C27H26N8O2. The minimum Gasteiger partial charge on any atom is -0.481 e. The zero-order chi connectivity index (χ0) is 25.9. The van der Waals surface area contributed by atoms with Crippen LogP contribution in [0.3, 0.4) is 0 Å². The van der Waals surface area contributed by atoms with Crippen molar-refractivity contribution in [3.05, 3.63) is 71.7 Å².